The first-order valence-corrected chi connectivity index (χ1v) is 3.80. The van der Waals surface area contributed by atoms with Crippen molar-refractivity contribution in [2.75, 3.05) is 5.73 Å². The number of aromatic amines is 1. The lowest BCUT2D eigenvalue weighted by Crippen LogP contribution is -1.85. The molecule has 0 atom stereocenters. The highest BCUT2D eigenvalue weighted by atomic mass is 32.2. The molecule has 0 amide bonds. The van der Waals surface area contributed by atoms with Crippen molar-refractivity contribution in [1.29, 1.82) is 0 Å². The zero-order chi connectivity index (χ0) is 8.97. The maximum atomic E-state index is 10.0. The van der Waals surface area contributed by atoms with Crippen molar-refractivity contribution in [3.8, 4) is 0 Å². The van der Waals surface area contributed by atoms with Crippen LogP contribution in [0.1, 0.15) is 0 Å². The third-order valence-electron chi connectivity index (χ3n) is 0.866. The standard InChI is InChI=1S/C5H6N4O2S/c6-4-7-5(9-8-4)12-2-1-3(10)11/h1-2H,(H,10,11)(H3,6,7,8,9). The number of rotatable bonds is 3. The summed E-state index contributed by atoms with van der Waals surface area (Å²) in [5.41, 5.74) is 5.23. The lowest BCUT2D eigenvalue weighted by molar-refractivity contribution is -0.131. The minimum atomic E-state index is -1.01. The van der Waals surface area contributed by atoms with Crippen LogP contribution in [0.4, 0.5) is 5.95 Å². The topological polar surface area (TPSA) is 105 Å². The maximum Gasteiger partial charge on any atom is 0.328 e. The fraction of sp³-hybridized carbons (Fsp3) is 0. The molecule has 1 aromatic rings. The third-order valence-corrected chi connectivity index (χ3v) is 1.53. The first-order chi connectivity index (χ1) is 5.68. The molecule has 1 aromatic heterocycles. The normalized spacial score (nSPS) is 10.7. The summed E-state index contributed by atoms with van der Waals surface area (Å²) in [5, 5.41) is 16.1. The number of aliphatic carboxylic acids is 1. The van der Waals surface area contributed by atoms with Crippen molar-refractivity contribution in [3.05, 3.63) is 11.5 Å². The quantitative estimate of drug-likeness (QED) is 0.456. The summed E-state index contributed by atoms with van der Waals surface area (Å²) in [6.45, 7) is 0. The molecule has 0 radical (unpaired) electrons. The fourth-order valence-electron chi connectivity index (χ4n) is 0.464. The number of aromatic nitrogens is 3. The molecule has 0 saturated carbocycles. The monoisotopic (exact) mass is 186 g/mol. The van der Waals surface area contributed by atoms with E-state index in [1.54, 1.807) is 0 Å². The van der Waals surface area contributed by atoms with Crippen LogP contribution in [0.3, 0.4) is 0 Å². The highest BCUT2D eigenvalue weighted by molar-refractivity contribution is 8.02. The highest BCUT2D eigenvalue weighted by Gasteiger charge is 1.97. The average Bonchev–Trinajstić information content (AvgIpc) is 2.35. The summed E-state index contributed by atoms with van der Waals surface area (Å²) in [6, 6.07) is 0. The van der Waals surface area contributed by atoms with Crippen LogP contribution in [-0.4, -0.2) is 26.3 Å². The first-order valence-electron chi connectivity index (χ1n) is 2.92. The second-order valence-electron chi connectivity index (χ2n) is 1.76. The molecule has 0 saturated heterocycles. The smallest absolute Gasteiger partial charge is 0.328 e. The number of anilines is 1. The molecule has 0 unspecified atom stereocenters. The van der Waals surface area contributed by atoms with E-state index in [-0.39, 0.29) is 5.95 Å². The van der Waals surface area contributed by atoms with E-state index < -0.39 is 5.97 Å². The average molecular weight is 186 g/mol. The Morgan fingerprint density at radius 2 is 2.50 bits per heavy atom. The molecular weight excluding hydrogens is 180 g/mol. The van der Waals surface area contributed by atoms with E-state index in [1.165, 1.54) is 5.41 Å². The molecule has 64 valence electrons. The van der Waals surface area contributed by atoms with Crippen LogP contribution in [0.2, 0.25) is 0 Å². The van der Waals surface area contributed by atoms with Gasteiger partial charge in [-0.2, -0.15) is 4.98 Å². The van der Waals surface area contributed by atoms with E-state index in [2.05, 4.69) is 15.2 Å². The van der Waals surface area contributed by atoms with Gasteiger partial charge in [0, 0.05) is 6.08 Å². The molecule has 7 heteroatoms. The molecule has 4 N–H and O–H groups in total. The number of nitrogens with one attached hydrogen (secondary N) is 1. The van der Waals surface area contributed by atoms with E-state index in [9.17, 15) is 4.79 Å². The minimum Gasteiger partial charge on any atom is -0.478 e. The van der Waals surface area contributed by atoms with Gasteiger partial charge in [-0.3, -0.25) is 0 Å². The van der Waals surface area contributed by atoms with E-state index >= 15 is 0 Å². The van der Waals surface area contributed by atoms with Gasteiger partial charge in [0.25, 0.3) is 0 Å². The molecule has 0 aliphatic carbocycles. The van der Waals surface area contributed by atoms with Gasteiger partial charge in [0.15, 0.2) is 0 Å². The molecular formula is C5H6N4O2S. The van der Waals surface area contributed by atoms with Crippen LogP contribution in [0.5, 0.6) is 0 Å². The zero-order valence-electron chi connectivity index (χ0n) is 5.89. The van der Waals surface area contributed by atoms with Gasteiger partial charge in [-0.15, -0.1) is 5.10 Å². The zero-order valence-corrected chi connectivity index (χ0v) is 6.71. The van der Waals surface area contributed by atoms with Crippen LogP contribution in [-0.2, 0) is 4.79 Å². The Kier molecular flexibility index (Phi) is 2.70. The van der Waals surface area contributed by atoms with E-state index in [0.717, 1.165) is 17.8 Å². The van der Waals surface area contributed by atoms with Gasteiger partial charge in [0.2, 0.25) is 11.1 Å². The van der Waals surface area contributed by atoms with Crippen LogP contribution >= 0.6 is 11.8 Å². The van der Waals surface area contributed by atoms with Gasteiger partial charge < -0.3 is 10.8 Å². The van der Waals surface area contributed by atoms with Gasteiger partial charge in [-0.25, -0.2) is 9.89 Å². The lowest BCUT2D eigenvalue weighted by atomic mass is 10.7. The molecule has 0 bridgehead atoms. The van der Waals surface area contributed by atoms with Crippen molar-refractivity contribution in [2.24, 2.45) is 0 Å². The summed E-state index contributed by atoms with van der Waals surface area (Å²) < 4.78 is 0. The number of hydrogen-bond donors (Lipinski definition) is 3. The Balaban J connectivity index is 2.48. The molecule has 12 heavy (non-hydrogen) atoms. The van der Waals surface area contributed by atoms with Crippen molar-refractivity contribution >= 4 is 23.7 Å². The van der Waals surface area contributed by atoms with Gasteiger partial charge in [-0.1, -0.05) is 11.8 Å². The molecule has 6 nitrogen and oxygen atoms in total. The van der Waals surface area contributed by atoms with Crippen molar-refractivity contribution in [1.82, 2.24) is 15.2 Å². The summed E-state index contributed by atoms with van der Waals surface area (Å²) >= 11 is 1.07. The largest absolute Gasteiger partial charge is 0.478 e. The predicted molar refractivity (Wildman–Crippen MR) is 43.4 cm³/mol. The molecule has 0 spiro atoms. The highest BCUT2D eigenvalue weighted by Crippen LogP contribution is 2.13. The summed E-state index contributed by atoms with van der Waals surface area (Å²) in [5.74, 6) is -0.799. The Bertz CT molecular complexity index is 308. The molecule has 0 aromatic carbocycles. The lowest BCUT2D eigenvalue weighted by Gasteiger charge is -1.81. The molecule has 1 rings (SSSR count). The summed E-state index contributed by atoms with van der Waals surface area (Å²) in [6.07, 6.45) is 0.997. The van der Waals surface area contributed by atoms with Crippen molar-refractivity contribution < 1.29 is 9.90 Å². The van der Waals surface area contributed by atoms with Gasteiger partial charge in [0.05, 0.1) is 0 Å². The second-order valence-corrected chi connectivity index (χ2v) is 2.64. The fourth-order valence-corrected chi connectivity index (χ4v) is 1.02. The Morgan fingerprint density at radius 3 is 3.00 bits per heavy atom. The van der Waals surface area contributed by atoms with E-state index in [0.29, 0.717) is 5.16 Å². The van der Waals surface area contributed by atoms with Gasteiger partial charge >= 0.3 is 5.97 Å². The number of thioether (sulfide) groups is 1. The van der Waals surface area contributed by atoms with Crippen LogP contribution in [0.25, 0.3) is 0 Å². The van der Waals surface area contributed by atoms with Crippen molar-refractivity contribution in [2.45, 2.75) is 5.16 Å². The Morgan fingerprint density at radius 1 is 1.75 bits per heavy atom. The van der Waals surface area contributed by atoms with Gasteiger partial charge in [-0.05, 0) is 5.41 Å². The van der Waals surface area contributed by atoms with Gasteiger partial charge in [0.1, 0.15) is 0 Å². The number of nitrogen functional groups attached to an aromatic ring is 1. The van der Waals surface area contributed by atoms with E-state index in [1.807, 2.05) is 0 Å². The number of carboxylic acid groups (broad SMARTS) is 1. The third kappa shape index (κ3) is 2.62. The number of hydrogen-bond acceptors (Lipinski definition) is 5. The number of nitrogens with two attached hydrogens (primary N) is 1. The SMILES string of the molecule is Nc1nc(SC=CC(=O)O)n[nH]1. The van der Waals surface area contributed by atoms with Crippen LogP contribution in [0, 0.1) is 0 Å². The first kappa shape index (κ1) is 8.60. The molecule has 0 aliphatic heterocycles. The number of H-pyrrole nitrogens is 1. The van der Waals surface area contributed by atoms with E-state index in [4.69, 9.17) is 10.8 Å². The molecule has 1 heterocycles. The van der Waals surface area contributed by atoms with Crippen LogP contribution in [0.15, 0.2) is 16.6 Å². The molecule has 0 fully saturated rings. The van der Waals surface area contributed by atoms with Crippen LogP contribution < -0.4 is 5.73 Å². The summed E-state index contributed by atoms with van der Waals surface area (Å²) in [7, 11) is 0. The number of carboxylic acids is 1. The Hall–Kier alpha value is -1.50. The predicted octanol–water partition coefficient (Wildman–Crippen LogP) is 0.0773. The van der Waals surface area contributed by atoms with Crippen molar-refractivity contribution in [3.63, 3.8) is 0 Å². The maximum absolute atomic E-state index is 10.0. The number of nitrogens with zero attached hydrogens (tertiary/aromatic N) is 2. The minimum absolute atomic E-state index is 0.209. The summed E-state index contributed by atoms with van der Waals surface area (Å²) in [4.78, 5) is 13.8. The number of carbonyl (C=O) groups is 1. The second kappa shape index (κ2) is 3.77. The Labute approximate surface area is 71.9 Å². The molecule has 0 aliphatic rings.